The van der Waals surface area contributed by atoms with Crippen molar-refractivity contribution in [3.05, 3.63) is 68.7 Å². The minimum atomic E-state index is -0.778. The average Bonchev–Trinajstić information content (AvgIpc) is 2.59. The molecule has 9 heteroatoms. The minimum absolute atomic E-state index is 0.136. The first kappa shape index (κ1) is 17.8. The molecule has 0 bridgehead atoms. The van der Waals surface area contributed by atoms with Crippen LogP contribution in [0.4, 0.5) is 5.69 Å². The number of nitro benzene ring substituents is 1. The first-order valence-electron chi connectivity index (χ1n) is 6.61. The lowest BCUT2D eigenvalue weighted by molar-refractivity contribution is -0.385. The highest BCUT2D eigenvalue weighted by Gasteiger charge is 2.21. The normalized spacial score (nSPS) is 10.1. The second kappa shape index (κ2) is 7.80. The van der Waals surface area contributed by atoms with Crippen LogP contribution in [0.5, 0.6) is 0 Å². The molecule has 0 unspecified atom stereocenters. The van der Waals surface area contributed by atoms with Gasteiger partial charge in [0.15, 0.2) is 0 Å². The zero-order valence-electron chi connectivity index (χ0n) is 12.4. The lowest BCUT2D eigenvalue weighted by Crippen LogP contribution is -2.41. The predicted octanol–water partition coefficient (Wildman–Crippen LogP) is 3.04. The molecule has 0 aliphatic carbocycles. The monoisotopic (exact) mass is 365 g/mol. The summed E-state index contributed by atoms with van der Waals surface area (Å²) in [7, 11) is 0. The van der Waals surface area contributed by atoms with E-state index >= 15 is 0 Å². The summed E-state index contributed by atoms with van der Waals surface area (Å²) >= 11 is 7.07. The number of benzene rings is 2. The van der Waals surface area contributed by atoms with Gasteiger partial charge in [0, 0.05) is 21.5 Å². The molecule has 0 fully saturated rings. The van der Waals surface area contributed by atoms with Crippen LogP contribution in [-0.4, -0.2) is 23.0 Å². The summed E-state index contributed by atoms with van der Waals surface area (Å²) in [5, 5.41) is 11.5. The largest absolute Gasteiger partial charge is 0.282 e. The Bertz CT molecular complexity index is 796. The van der Waals surface area contributed by atoms with Gasteiger partial charge >= 0.3 is 0 Å². The molecule has 0 atom stereocenters. The van der Waals surface area contributed by atoms with Crippen LogP contribution in [0.3, 0.4) is 0 Å². The van der Waals surface area contributed by atoms with E-state index in [2.05, 4.69) is 10.9 Å². The van der Waals surface area contributed by atoms with E-state index < -0.39 is 16.7 Å². The maximum absolute atomic E-state index is 12.2. The molecule has 0 heterocycles. The lowest BCUT2D eigenvalue weighted by atomic mass is 10.1. The van der Waals surface area contributed by atoms with E-state index in [-0.39, 0.29) is 16.8 Å². The van der Waals surface area contributed by atoms with Crippen molar-refractivity contribution in [2.75, 3.05) is 6.26 Å². The molecule has 0 aromatic heterocycles. The SMILES string of the molecule is CSc1ccc([N+](=O)[O-])c(C(=O)NNC(=O)c2ccc(Cl)cc2)c1. The number of amides is 2. The number of halogens is 1. The van der Waals surface area contributed by atoms with Crippen LogP contribution in [0.15, 0.2) is 47.4 Å². The van der Waals surface area contributed by atoms with Crippen LogP contribution in [0.2, 0.25) is 5.02 Å². The van der Waals surface area contributed by atoms with E-state index in [0.29, 0.717) is 9.92 Å². The van der Waals surface area contributed by atoms with Gasteiger partial charge in [0.1, 0.15) is 5.56 Å². The molecule has 0 aliphatic heterocycles. The Labute approximate surface area is 146 Å². The summed E-state index contributed by atoms with van der Waals surface area (Å²) in [5.41, 5.74) is 4.19. The van der Waals surface area contributed by atoms with Gasteiger partial charge in [0.05, 0.1) is 4.92 Å². The van der Waals surface area contributed by atoms with Crippen LogP contribution in [0.25, 0.3) is 0 Å². The number of rotatable bonds is 4. The lowest BCUT2D eigenvalue weighted by Gasteiger charge is -2.08. The Hall–Kier alpha value is -2.58. The Kier molecular flexibility index (Phi) is 5.78. The predicted molar refractivity (Wildman–Crippen MR) is 91.3 cm³/mol. The number of hydrazine groups is 1. The van der Waals surface area contributed by atoms with E-state index in [1.54, 1.807) is 12.3 Å². The van der Waals surface area contributed by atoms with Crippen molar-refractivity contribution in [1.82, 2.24) is 10.9 Å². The van der Waals surface area contributed by atoms with E-state index in [1.807, 2.05) is 0 Å². The maximum atomic E-state index is 12.2. The van der Waals surface area contributed by atoms with Gasteiger partial charge in [0.2, 0.25) is 0 Å². The standard InChI is InChI=1S/C15H12ClN3O4S/c1-24-11-6-7-13(19(22)23)12(8-11)15(21)18-17-14(20)9-2-4-10(16)5-3-9/h2-8H,1H3,(H,17,20)(H,18,21). The number of nitrogens with zero attached hydrogens (tertiary/aromatic N) is 1. The molecule has 2 aromatic carbocycles. The van der Waals surface area contributed by atoms with Crippen molar-refractivity contribution in [3.8, 4) is 0 Å². The molecular weight excluding hydrogens is 354 g/mol. The molecule has 7 nitrogen and oxygen atoms in total. The van der Waals surface area contributed by atoms with Gasteiger partial charge in [-0.15, -0.1) is 11.8 Å². The Balaban J connectivity index is 2.13. The molecule has 0 spiro atoms. The highest BCUT2D eigenvalue weighted by atomic mass is 35.5. The van der Waals surface area contributed by atoms with E-state index in [1.165, 1.54) is 48.2 Å². The Morgan fingerprint density at radius 2 is 1.71 bits per heavy atom. The van der Waals surface area contributed by atoms with Gasteiger partial charge in [-0.1, -0.05) is 11.6 Å². The van der Waals surface area contributed by atoms with Crippen LogP contribution < -0.4 is 10.9 Å². The third-order valence-electron chi connectivity index (χ3n) is 3.04. The van der Waals surface area contributed by atoms with Gasteiger partial charge in [-0.05, 0) is 42.7 Å². The molecule has 0 saturated carbocycles. The number of nitro groups is 1. The van der Waals surface area contributed by atoms with E-state index in [9.17, 15) is 19.7 Å². The maximum Gasteiger partial charge on any atom is 0.282 e. The summed E-state index contributed by atoms with van der Waals surface area (Å²) in [5.74, 6) is -1.34. The summed E-state index contributed by atoms with van der Waals surface area (Å²) in [6.45, 7) is 0. The van der Waals surface area contributed by atoms with Crippen molar-refractivity contribution >= 4 is 40.9 Å². The third kappa shape index (κ3) is 4.24. The molecule has 2 N–H and O–H groups in total. The van der Waals surface area contributed by atoms with Crippen molar-refractivity contribution in [2.45, 2.75) is 4.90 Å². The van der Waals surface area contributed by atoms with Gasteiger partial charge in [-0.25, -0.2) is 0 Å². The van der Waals surface area contributed by atoms with Crippen molar-refractivity contribution in [1.29, 1.82) is 0 Å². The van der Waals surface area contributed by atoms with E-state index in [4.69, 9.17) is 11.6 Å². The van der Waals surface area contributed by atoms with Crippen LogP contribution in [0.1, 0.15) is 20.7 Å². The first-order chi connectivity index (χ1) is 11.4. The highest BCUT2D eigenvalue weighted by Crippen LogP contribution is 2.24. The molecule has 24 heavy (non-hydrogen) atoms. The average molecular weight is 366 g/mol. The Morgan fingerprint density at radius 1 is 1.08 bits per heavy atom. The smallest absolute Gasteiger partial charge is 0.267 e. The molecule has 2 aromatic rings. The fraction of sp³-hybridized carbons (Fsp3) is 0.0667. The van der Waals surface area contributed by atoms with Gasteiger partial charge in [0.25, 0.3) is 17.5 Å². The number of hydrogen-bond acceptors (Lipinski definition) is 5. The molecule has 0 saturated heterocycles. The number of carbonyl (C=O) groups is 2. The molecule has 0 radical (unpaired) electrons. The number of carbonyl (C=O) groups excluding carboxylic acids is 2. The van der Waals surface area contributed by atoms with Crippen LogP contribution >= 0.6 is 23.4 Å². The number of hydrogen-bond donors (Lipinski definition) is 2. The zero-order valence-corrected chi connectivity index (χ0v) is 14.0. The summed E-state index contributed by atoms with van der Waals surface area (Å²) in [4.78, 5) is 35.2. The highest BCUT2D eigenvalue weighted by molar-refractivity contribution is 7.98. The molecule has 2 amide bonds. The Morgan fingerprint density at radius 3 is 2.29 bits per heavy atom. The fourth-order valence-electron chi connectivity index (χ4n) is 1.84. The van der Waals surface area contributed by atoms with Crippen molar-refractivity contribution < 1.29 is 14.5 Å². The molecule has 124 valence electrons. The van der Waals surface area contributed by atoms with Gasteiger partial charge < -0.3 is 0 Å². The van der Waals surface area contributed by atoms with Gasteiger partial charge in [-0.3, -0.25) is 30.6 Å². The molecule has 0 aliphatic rings. The third-order valence-corrected chi connectivity index (χ3v) is 4.02. The topological polar surface area (TPSA) is 101 Å². The number of thioether (sulfide) groups is 1. The van der Waals surface area contributed by atoms with Crippen molar-refractivity contribution in [2.24, 2.45) is 0 Å². The summed E-state index contributed by atoms with van der Waals surface area (Å²) < 4.78 is 0. The fourth-order valence-corrected chi connectivity index (χ4v) is 2.40. The zero-order chi connectivity index (χ0) is 17.7. The van der Waals surface area contributed by atoms with E-state index in [0.717, 1.165) is 0 Å². The summed E-state index contributed by atoms with van der Waals surface area (Å²) in [6.07, 6.45) is 1.78. The summed E-state index contributed by atoms with van der Waals surface area (Å²) in [6, 6.07) is 10.2. The minimum Gasteiger partial charge on any atom is -0.267 e. The van der Waals surface area contributed by atoms with Crippen molar-refractivity contribution in [3.63, 3.8) is 0 Å². The first-order valence-corrected chi connectivity index (χ1v) is 8.21. The molecular formula is C15H12ClN3O4S. The van der Waals surface area contributed by atoms with Gasteiger partial charge in [-0.2, -0.15) is 0 Å². The number of nitrogens with one attached hydrogen (secondary N) is 2. The quantitative estimate of drug-likeness (QED) is 0.492. The van der Waals surface area contributed by atoms with Crippen LogP contribution in [0, 0.1) is 10.1 Å². The molecule has 2 rings (SSSR count). The van der Waals surface area contributed by atoms with Crippen LogP contribution in [-0.2, 0) is 0 Å². The second-order valence-electron chi connectivity index (χ2n) is 4.56. The second-order valence-corrected chi connectivity index (χ2v) is 5.87.